The molecule has 1 radical (unpaired) electrons. The highest BCUT2D eigenvalue weighted by molar-refractivity contribution is 9.10. The van der Waals surface area contributed by atoms with Gasteiger partial charge in [-0.05, 0) is 17.7 Å². The topological polar surface area (TPSA) is 0 Å². The van der Waals surface area contributed by atoms with Crippen LogP contribution in [-0.2, 0) is 0 Å². The summed E-state index contributed by atoms with van der Waals surface area (Å²) in [5.41, 5.74) is 1.06. The third-order valence-electron chi connectivity index (χ3n) is 1.12. The minimum Gasteiger partial charge on any atom is -0.119 e. The van der Waals surface area contributed by atoms with Gasteiger partial charge < -0.3 is 0 Å². The van der Waals surface area contributed by atoms with Crippen LogP contribution in [0.5, 0.6) is 0 Å². The van der Waals surface area contributed by atoms with E-state index >= 15 is 0 Å². The van der Waals surface area contributed by atoms with Crippen molar-refractivity contribution in [2.24, 2.45) is 0 Å². The molecule has 0 aliphatic rings. The Morgan fingerprint density at radius 1 is 1.30 bits per heavy atom. The Bertz CT molecular complexity index is 240. The van der Waals surface area contributed by atoms with Crippen molar-refractivity contribution in [1.29, 1.82) is 0 Å². The van der Waals surface area contributed by atoms with E-state index in [9.17, 15) is 0 Å². The Balaban J connectivity index is 2.81. The van der Waals surface area contributed by atoms with E-state index in [1.54, 1.807) is 6.42 Å². The molecular formula is C9H6Br. The summed E-state index contributed by atoms with van der Waals surface area (Å²) in [6, 6.07) is 7.85. The van der Waals surface area contributed by atoms with Gasteiger partial charge in [-0.1, -0.05) is 34.0 Å². The maximum Gasteiger partial charge on any atom is 0.0628 e. The van der Waals surface area contributed by atoms with Crippen LogP contribution in [0.15, 0.2) is 28.7 Å². The molecule has 0 aliphatic heterocycles. The highest BCUT2D eigenvalue weighted by Gasteiger charge is 1.88. The van der Waals surface area contributed by atoms with Crippen molar-refractivity contribution in [3.63, 3.8) is 0 Å². The van der Waals surface area contributed by atoms with E-state index in [0.29, 0.717) is 0 Å². The fourth-order valence-corrected chi connectivity index (χ4v) is 0.920. The second-order valence-electron chi connectivity index (χ2n) is 1.86. The van der Waals surface area contributed by atoms with Gasteiger partial charge in [-0.2, -0.15) is 0 Å². The first kappa shape index (κ1) is 7.37. The van der Waals surface area contributed by atoms with Crippen molar-refractivity contribution >= 4 is 15.9 Å². The summed E-state index contributed by atoms with van der Waals surface area (Å²) in [6.07, 6.45) is 6.81. The number of rotatable bonds is 1. The molecule has 0 nitrogen and oxygen atoms in total. The van der Waals surface area contributed by atoms with E-state index < -0.39 is 0 Å². The summed E-state index contributed by atoms with van der Waals surface area (Å²) in [4.78, 5) is 0. The molecule has 1 aromatic carbocycles. The first-order valence-electron chi connectivity index (χ1n) is 2.88. The van der Waals surface area contributed by atoms with E-state index in [-0.39, 0.29) is 0 Å². The Hall–Kier alpha value is -0.740. The minimum atomic E-state index is 1.06. The molecule has 0 aliphatic carbocycles. The fraction of sp³-hybridized carbons (Fsp3) is 0. The lowest BCUT2D eigenvalue weighted by Gasteiger charge is -1.92. The van der Waals surface area contributed by atoms with Crippen molar-refractivity contribution in [3.05, 3.63) is 40.7 Å². The summed E-state index contributed by atoms with van der Waals surface area (Å²) < 4.78 is 1.07. The number of hydrogen-bond donors (Lipinski definition) is 0. The molecule has 0 aromatic heterocycles. The second-order valence-corrected chi connectivity index (χ2v) is 2.78. The van der Waals surface area contributed by atoms with E-state index in [0.717, 1.165) is 10.0 Å². The maximum atomic E-state index is 5.08. The van der Waals surface area contributed by atoms with Crippen LogP contribution in [0, 0.1) is 18.8 Å². The van der Waals surface area contributed by atoms with Gasteiger partial charge in [-0.3, -0.25) is 0 Å². The van der Waals surface area contributed by atoms with Crippen LogP contribution in [0.2, 0.25) is 0 Å². The van der Waals surface area contributed by atoms with Crippen LogP contribution >= 0.6 is 15.9 Å². The predicted octanol–water partition coefficient (Wildman–Crippen LogP) is 2.63. The van der Waals surface area contributed by atoms with Gasteiger partial charge in [0.05, 0.1) is 6.42 Å². The van der Waals surface area contributed by atoms with Crippen LogP contribution in [0.1, 0.15) is 5.56 Å². The zero-order valence-electron chi connectivity index (χ0n) is 5.34. The average molecular weight is 194 g/mol. The highest BCUT2D eigenvalue weighted by Crippen LogP contribution is 2.10. The molecule has 0 saturated carbocycles. The molecule has 0 spiro atoms. The number of terminal acetylenes is 1. The van der Waals surface area contributed by atoms with Crippen molar-refractivity contribution in [1.82, 2.24) is 0 Å². The SMILES string of the molecule is C#C[CH]c1ccc(Br)cc1. The first-order chi connectivity index (χ1) is 4.83. The van der Waals surface area contributed by atoms with Crippen LogP contribution in [0.4, 0.5) is 0 Å². The van der Waals surface area contributed by atoms with Crippen molar-refractivity contribution in [2.75, 3.05) is 0 Å². The highest BCUT2D eigenvalue weighted by atomic mass is 79.9. The van der Waals surface area contributed by atoms with Gasteiger partial charge in [-0.15, -0.1) is 6.42 Å². The molecule has 0 unspecified atom stereocenters. The zero-order valence-corrected chi connectivity index (χ0v) is 6.93. The van der Waals surface area contributed by atoms with Gasteiger partial charge in [0.2, 0.25) is 0 Å². The first-order valence-corrected chi connectivity index (χ1v) is 3.67. The zero-order chi connectivity index (χ0) is 7.40. The molecule has 1 rings (SSSR count). The lowest BCUT2D eigenvalue weighted by molar-refractivity contribution is 1.53. The van der Waals surface area contributed by atoms with Gasteiger partial charge in [0.25, 0.3) is 0 Å². The van der Waals surface area contributed by atoms with Crippen LogP contribution in [-0.4, -0.2) is 0 Å². The molecule has 0 N–H and O–H groups in total. The number of benzene rings is 1. The predicted molar refractivity (Wildman–Crippen MR) is 46.4 cm³/mol. The monoisotopic (exact) mass is 193 g/mol. The standard InChI is InChI=1S/C9H6Br/c1-2-3-8-4-6-9(10)7-5-8/h1,3-7H. The molecule has 0 bridgehead atoms. The molecule has 0 atom stereocenters. The Labute approximate surface area is 69.4 Å². The van der Waals surface area contributed by atoms with Gasteiger partial charge in [0.15, 0.2) is 0 Å². The number of halogens is 1. The lowest BCUT2D eigenvalue weighted by Crippen LogP contribution is -1.75. The second kappa shape index (κ2) is 3.43. The van der Waals surface area contributed by atoms with E-state index in [1.165, 1.54) is 0 Å². The molecule has 1 heteroatoms. The Morgan fingerprint density at radius 3 is 2.40 bits per heavy atom. The van der Waals surface area contributed by atoms with Gasteiger partial charge in [0.1, 0.15) is 0 Å². The molecule has 10 heavy (non-hydrogen) atoms. The molecule has 0 saturated heterocycles. The largest absolute Gasteiger partial charge is 0.119 e. The lowest BCUT2D eigenvalue weighted by atomic mass is 10.2. The molecule has 49 valence electrons. The third-order valence-corrected chi connectivity index (χ3v) is 1.65. The smallest absolute Gasteiger partial charge is 0.0628 e. The molecule has 0 amide bonds. The van der Waals surface area contributed by atoms with Gasteiger partial charge in [0, 0.05) is 4.47 Å². The van der Waals surface area contributed by atoms with Gasteiger partial charge >= 0.3 is 0 Å². The Kier molecular flexibility index (Phi) is 2.53. The summed E-state index contributed by atoms with van der Waals surface area (Å²) in [7, 11) is 0. The minimum absolute atomic E-state index is 1.06. The molecule has 0 fully saturated rings. The van der Waals surface area contributed by atoms with E-state index in [1.807, 2.05) is 24.3 Å². The normalized spacial score (nSPS) is 8.80. The maximum absolute atomic E-state index is 5.08. The van der Waals surface area contributed by atoms with Crippen LogP contribution < -0.4 is 0 Å². The van der Waals surface area contributed by atoms with Crippen molar-refractivity contribution in [2.45, 2.75) is 0 Å². The van der Waals surface area contributed by atoms with Gasteiger partial charge in [-0.25, -0.2) is 0 Å². The van der Waals surface area contributed by atoms with E-state index in [2.05, 4.69) is 21.9 Å². The fourth-order valence-electron chi connectivity index (χ4n) is 0.655. The summed E-state index contributed by atoms with van der Waals surface area (Å²) in [6.45, 7) is 0. The third kappa shape index (κ3) is 1.89. The Morgan fingerprint density at radius 2 is 1.90 bits per heavy atom. The molecule has 1 aromatic rings. The number of hydrogen-bond acceptors (Lipinski definition) is 0. The quantitative estimate of drug-likeness (QED) is 0.603. The van der Waals surface area contributed by atoms with Crippen LogP contribution in [0.25, 0.3) is 0 Å². The van der Waals surface area contributed by atoms with Crippen molar-refractivity contribution in [3.8, 4) is 12.3 Å². The molecule has 0 heterocycles. The van der Waals surface area contributed by atoms with Crippen molar-refractivity contribution < 1.29 is 0 Å². The van der Waals surface area contributed by atoms with E-state index in [4.69, 9.17) is 6.42 Å². The van der Waals surface area contributed by atoms with Crippen LogP contribution in [0.3, 0.4) is 0 Å². The summed E-state index contributed by atoms with van der Waals surface area (Å²) in [5, 5.41) is 0. The summed E-state index contributed by atoms with van der Waals surface area (Å²) >= 11 is 3.33. The molecular weight excluding hydrogens is 188 g/mol. The average Bonchev–Trinajstić information content (AvgIpc) is 1.95. The summed E-state index contributed by atoms with van der Waals surface area (Å²) in [5.74, 6) is 2.46.